The van der Waals surface area contributed by atoms with E-state index in [1.54, 1.807) is 53.6 Å². The molecule has 0 saturated carbocycles. The highest BCUT2D eigenvalue weighted by Gasteiger charge is 2.39. The summed E-state index contributed by atoms with van der Waals surface area (Å²) >= 11 is 0. The molecule has 0 radical (unpaired) electrons. The van der Waals surface area contributed by atoms with Crippen molar-refractivity contribution in [1.82, 2.24) is 28.9 Å². The van der Waals surface area contributed by atoms with E-state index in [0.717, 1.165) is 15.7 Å². The van der Waals surface area contributed by atoms with Gasteiger partial charge in [-0.2, -0.15) is 18.3 Å². The first-order valence-electron chi connectivity index (χ1n) is 12.8. The number of alkyl halides is 3. The van der Waals surface area contributed by atoms with Crippen LogP contribution in [0.3, 0.4) is 0 Å². The second-order valence-corrected chi connectivity index (χ2v) is 9.72. The molecule has 5 aromatic rings. The highest BCUT2D eigenvalue weighted by Crippen LogP contribution is 2.41. The zero-order valence-electron chi connectivity index (χ0n) is 22.1. The number of fused-ring (bicyclic) bond motifs is 2. The van der Waals surface area contributed by atoms with Crippen molar-refractivity contribution in [3.8, 4) is 16.9 Å². The molecular weight excluding hydrogens is 523 g/mol. The van der Waals surface area contributed by atoms with E-state index in [1.807, 2.05) is 23.8 Å². The van der Waals surface area contributed by atoms with Crippen LogP contribution in [0.2, 0.25) is 0 Å². The monoisotopic (exact) mass is 549 g/mol. The molecule has 0 fully saturated rings. The molecule has 40 heavy (non-hydrogen) atoms. The van der Waals surface area contributed by atoms with Crippen LogP contribution in [0.25, 0.3) is 22.2 Å². The van der Waals surface area contributed by atoms with Gasteiger partial charge in [-0.15, -0.1) is 0 Å². The molecule has 6 rings (SSSR count). The Bertz CT molecular complexity index is 1740. The highest BCUT2D eigenvalue weighted by atomic mass is 19.4. The van der Waals surface area contributed by atoms with Crippen LogP contribution in [0.5, 0.6) is 5.75 Å². The minimum absolute atomic E-state index is 0.0449. The van der Waals surface area contributed by atoms with Gasteiger partial charge in [0.15, 0.2) is 5.69 Å². The number of hydrogen-bond donors (Lipinski definition) is 0. The molecular formula is C28H26F3N7O2. The molecule has 1 aliphatic rings. The zero-order chi connectivity index (χ0) is 28.2. The van der Waals surface area contributed by atoms with Crippen LogP contribution < -0.4 is 9.64 Å². The second kappa shape index (κ2) is 9.54. The predicted octanol–water partition coefficient (Wildman–Crippen LogP) is 4.93. The van der Waals surface area contributed by atoms with Crippen LogP contribution >= 0.6 is 0 Å². The van der Waals surface area contributed by atoms with Crippen LogP contribution in [0.15, 0.2) is 55.5 Å². The van der Waals surface area contributed by atoms with Crippen LogP contribution in [-0.2, 0) is 32.7 Å². The molecule has 4 aromatic heterocycles. The zero-order valence-corrected chi connectivity index (χ0v) is 22.1. The van der Waals surface area contributed by atoms with Crippen molar-refractivity contribution >= 4 is 22.6 Å². The Hall–Kier alpha value is -4.61. The number of hydrogen-bond acceptors (Lipinski definition) is 5. The van der Waals surface area contributed by atoms with Gasteiger partial charge in [-0.1, -0.05) is 0 Å². The number of benzene rings is 1. The first kappa shape index (κ1) is 25.7. The highest BCUT2D eigenvalue weighted by molar-refractivity contribution is 6.13. The first-order chi connectivity index (χ1) is 19.2. The Morgan fingerprint density at radius 1 is 1.10 bits per heavy atom. The number of imidazole rings is 1. The lowest BCUT2D eigenvalue weighted by molar-refractivity contribution is -0.140. The number of rotatable bonds is 6. The van der Waals surface area contributed by atoms with Gasteiger partial charge < -0.3 is 18.8 Å². The van der Waals surface area contributed by atoms with Gasteiger partial charge in [0.1, 0.15) is 11.4 Å². The molecule has 0 N–H and O–H groups in total. The Morgan fingerprint density at radius 2 is 1.90 bits per heavy atom. The van der Waals surface area contributed by atoms with E-state index < -0.39 is 11.9 Å². The van der Waals surface area contributed by atoms with Gasteiger partial charge in [-0.05, 0) is 48.2 Å². The summed E-state index contributed by atoms with van der Waals surface area (Å²) in [7, 11) is 3.01. The second-order valence-electron chi connectivity index (χ2n) is 9.72. The fraction of sp³-hybridized carbons (Fsp3) is 0.286. The number of halogens is 3. The summed E-state index contributed by atoms with van der Waals surface area (Å²) in [6.45, 7) is 3.27. The van der Waals surface area contributed by atoms with Crippen LogP contribution in [-0.4, -0.2) is 48.4 Å². The summed E-state index contributed by atoms with van der Waals surface area (Å²) < 4.78 is 52.3. The number of aryl methyl sites for hydroxylation is 2. The minimum atomic E-state index is -4.65. The van der Waals surface area contributed by atoms with E-state index in [-0.39, 0.29) is 11.5 Å². The third-order valence-electron chi connectivity index (χ3n) is 7.22. The summed E-state index contributed by atoms with van der Waals surface area (Å²) in [6.07, 6.45) is 5.61. The summed E-state index contributed by atoms with van der Waals surface area (Å²) in [5, 5.41) is 4.48. The average Bonchev–Trinajstić information content (AvgIpc) is 3.67. The molecule has 12 heteroatoms. The molecule has 0 unspecified atom stereocenters. The molecule has 0 saturated heterocycles. The number of ether oxygens (including phenoxy) is 1. The van der Waals surface area contributed by atoms with E-state index in [1.165, 1.54) is 13.2 Å². The molecule has 1 aromatic carbocycles. The number of nitrogens with zero attached hydrogens (tertiary/aromatic N) is 7. The molecule has 206 valence electrons. The van der Waals surface area contributed by atoms with E-state index in [4.69, 9.17) is 4.74 Å². The molecule has 0 atom stereocenters. The maximum atomic E-state index is 14.1. The molecule has 0 bridgehead atoms. The lowest BCUT2D eigenvalue weighted by Crippen LogP contribution is -2.38. The van der Waals surface area contributed by atoms with Crippen molar-refractivity contribution in [2.24, 2.45) is 7.05 Å². The standard InChI is InChI=1S/C28H26F3N7O2/c1-4-37-15-24(22-11-18(40-3)12-33-26(22)37)38-7-5-19-20(23-14-35(2)34-25(23)28(29,30)31)9-17(10-21(19)27(38)39)13-36-8-6-32-16-36/h6,8-12,14-16H,4-5,7,13H2,1-3H3. The van der Waals surface area contributed by atoms with Gasteiger partial charge in [0.25, 0.3) is 5.91 Å². The first-order valence-corrected chi connectivity index (χ1v) is 12.8. The summed E-state index contributed by atoms with van der Waals surface area (Å²) in [5.41, 5.74) is 2.36. The maximum Gasteiger partial charge on any atom is 0.435 e. The van der Waals surface area contributed by atoms with Crippen molar-refractivity contribution in [2.45, 2.75) is 32.6 Å². The lowest BCUT2D eigenvalue weighted by Gasteiger charge is -2.30. The molecule has 0 aliphatic carbocycles. The normalized spacial score (nSPS) is 13.8. The molecule has 5 heterocycles. The number of amides is 1. The third kappa shape index (κ3) is 4.29. The molecule has 1 aliphatic heterocycles. The van der Waals surface area contributed by atoms with Gasteiger partial charge in [-0.25, -0.2) is 9.97 Å². The van der Waals surface area contributed by atoms with Crippen LogP contribution in [0.1, 0.15) is 34.1 Å². The fourth-order valence-electron chi connectivity index (χ4n) is 5.41. The Kier molecular flexibility index (Phi) is 6.12. The predicted molar refractivity (Wildman–Crippen MR) is 142 cm³/mol. The van der Waals surface area contributed by atoms with Crippen molar-refractivity contribution in [1.29, 1.82) is 0 Å². The van der Waals surface area contributed by atoms with Gasteiger partial charge in [0, 0.05) is 68.0 Å². The van der Waals surface area contributed by atoms with E-state index >= 15 is 0 Å². The summed E-state index contributed by atoms with van der Waals surface area (Å²) in [4.78, 5) is 24.4. The average molecular weight is 550 g/mol. The number of carbonyl (C=O) groups is 1. The number of methoxy groups -OCH3 is 1. The smallest absolute Gasteiger partial charge is 0.435 e. The Balaban J connectivity index is 1.52. The lowest BCUT2D eigenvalue weighted by atomic mass is 9.88. The van der Waals surface area contributed by atoms with Crippen molar-refractivity contribution in [3.05, 3.63) is 77.9 Å². The quantitative estimate of drug-likeness (QED) is 0.300. The molecule has 1 amide bonds. The number of aromatic nitrogens is 6. The minimum Gasteiger partial charge on any atom is -0.495 e. The maximum absolute atomic E-state index is 14.1. The van der Waals surface area contributed by atoms with Gasteiger partial charge in [-0.3, -0.25) is 9.48 Å². The largest absolute Gasteiger partial charge is 0.495 e. The van der Waals surface area contributed by atoms with Gasteiger partial charge >= 0.3 is 6.18 Å². The van der Waals surface area contributed by atoms with Gasteiger partial charge in [0.05, 0.1) is 25.3 Å². The number of carbonyl (C=O) groups excluding carboxylic acids is 1. The number of anilines is 1. The Morgan fingerprint density at radius 3 is 2.60 bits per heavy atom. The van der Waals surface area contributed by atoms with Gasteiger partial charge in [0.2, 0.25) is 0 Å². The summed E-state index contributed by atoms with van der Waals surface area (Å²) in [5.74, 6) is 0.277. The van der Waals surface area contributed by atoms with Crippen molar-refractivity contribution in [3.63, 3.8) is 0 Å². The van der Waals surface area contributed by atoms with E-state index in [2.05, 4.69) is 15.1 Å². The van der Waals surface area contributed by atoms with E-state index in [0.29, 0.717) is 59.7 Å². The summed E-state index contributed by atoms with van der Waals surface area (Å²) in [6, 6.07) is 5.35. The van der Waals surface area contributed by atoms with Crippen LogP contribution in [0.4, 0.5) is 18.9 Å². The third-order valence-corrected chi connectivity index (χ3v) is 7.22. The van der Waals surface area contributed by atoms with Crippen molar-refractivity contribution in [2.75, 3.05) is 18.6 Å². The number of pyridine rings is 1. The molecule has 0 spiro atoms. The Labute approximate surface area is 227 Å². The molecule has 9 nitrogen and oxygen atoms in total. The SMILES string of the molecule is CCn1cc(N2CCc3c(cc(Cn4ccnc4)cc3-c3cn(C)nc3C(F)(F)F)C2=O)c2cc(OC)cnc21. The van der Waals surface area contributed by atoms with Crippen LogP contribution in [0, 0.1) is 0 Å². The fourth-order valence-corrected chi connectivity index (χ4v) is 5.41. The van der Waals surface area contributed by atoms with Crippen molar-refractivity contribution < 1.29 is 22.7 Å². The van der Waals surface area contributed by atoms with E-state index in [9.17, 15) is 18.0 Å². The topological polar surface area (TPSA) is 83.0 Å².